The number of benzene rings is 1. The minimum absolute atomic E-state index is 0.00913. The van der Waals surface area contributed by atoms with Gasteiger partial charge in [0, 0.05) is 5.56 Å². The molecule has 1 aromatic heterocycles. The van der Waals surface area contributed by atoms with Gasteiger partial charge in [0.2, 0.25) is 5.96 Å². The van der Waals surface area contributed by atoms with Crippen LogP contribution < -0.4 is 27.6 Å². The van der Waals surface area contributed by atoms with E-state index in [0.717, 1.165) is 6.07 Å². The van der Waals surface area contributed by atoms with Crippen molar-refractivity contribution >= 4 is 35.9 Å². The van der Waals surface area contributed by atoms with Crippen molar-refractivity contribution in [1.82, 2.24) is 10.3 Å². The largest absolute Gasteiger partial charge is 0.488 e. The molecule has 0 aliphatic carbocycles. The van der Waals surface area contributed by atoms with Gasteiger partial charge in [0.05, 0.1) is 5.69 Å². The molecule has 13 heteroatoms. The van der Waals surface area contributed by atoms with Gasteiger partial charge in [-0.05, 0) is 23.2 Å². The second kappa shape index (κ2) is 7.00. The fraction of sp³-hybridized carbons (Fsp3) is 0.0667. The first kappa shape index (κ1) is 18.8. The molecule has 10 nitrogen and oxygen atoms in total. The topological polar surface area (TPSA) is 189 Å². The summed E-state index contributed by atoms with van der Waals surface area (Å²) in [6, 6.07) is 1.87. The number of nitrogens with zero attached hydrogens (tertiary/aromatic N) is 4. The molecule has 140 valence electrons. The van der Waals surface area contributed by atoms with E-state index in [2.05, 4.69) is 20.6 Å². The third-order valence-electron chi connectivity index (χ3n) is 4.06. The summed E-state index contributed by atoms with van der Waals surface area (Å²) in [7, 11) is -2.16. The highest BCUT2D eigenvalue weighted by Gasteiger charge is 2.33. The first-order valence-electron chi connectivity index (χ1n) is 7.62. The third kappa shape index (κ3) is 3.01. The Kier molecular flexibility index (Phi) is 4.71. The van der Waals surface area contributed by atoms with E-state index in [0.29, 0.717) is 6.07 Å². The number of anilines is 3. The zero-order chi connectivity index (χ0) is 20.6. The smallest absolute Gasteiger partial charge is 0.423 e. The molecule has 0 saturated carbocycles. The highest BCUT2D eigenvalue weighted by Crippen LogP contribution is 2.40. The maximum Gasteiger partial charge on any atom is 0.488 e. The molecule has 0 bridgehead atoms. The van der Waals surface area contributed by atoms with Gasteiger partial charge in [0.1, 0.15) is 29.3 Å². The summed E-state index contributed by atoms with van der Waals surface area (Å²) in [5, 5.41) is 42.2. The van der Waals surface area contributed by atoms with E-state index in [9.17, 15) is 24.1 Å². The number of hydrogen-bond acceptors (Lipinski definition) is 10. The van der Waals surface area contributed by atoms with E-state index in [1.165, 1.54) is 0 Å². The van der Waals surface area contributed by atoms with E-state index in [4.69, 9.17) is 16.7 Å². The molecule has 1 aliphatic heterocycles. The zero-order valence-electron chi connectivity index (χ0n) is 13.9. The maximum absolute atomic E-state index is 13.9. The van der Waals surface area contributed by atoms with Gasteiger partial charge in [-0.15, -0.1) is 0 Å². The minimum atomic E-state index is -2.16. The van der Waals surface area contributed by atoms with Crippen LogP contribution in [0.25, 0.3) is 0 Å². The van der Waals surface area contributed by atoms with Crippen molar-refractivity contribution in [2.24, 2.45) is 4.99 Å². The number of nitrogens with two attached hydrogens (primary N) is 2. The first-order valence-corrected chi connectivity index (χ1v) is 7.62. The van der Waals surface area contributed by atoms with Crippen LogP contribution >= 0.6 is 0 Å². The normalized spacial score (nSPS) is 14.8. The van der Waals surface area contributed by atoms with Crippen LogP contribution in [0.5, 0.6) is 0 Å². The van der Waals surface area contributed by atoms with Crippen LogP contribution in [0.15, 0.2) is 17.1 Å². The second-order valence-corrected chi connectivity index (χ2v) is 5.67. The van der Waals surface area contributed by atoms with E-state index < -0.39 is 24.8 Å². The second-order valence-electron chi connectivity index (χ2n) is 5.67. The Morgan fingerprint density at radius 1 is 1.21 bits per heavy atom. The standard InChI is InChI=1S/C15H11BF2N8O2/c17-8-1-5(7(16(27)28)2-9(8)18)12-10-11(21)6(3-19)13(22)25-14(10)26-15(24-12)23-4-20/h1-2,12,27-28H,(H6,21,22,23,24,25,26). The number of fused-ring (bicyclic) bond motifs is 1. The lowest BCUT2D eigenvalue weighted by Gasteiger charge is -2.27. The molecule has 0 saturated heterocycles. The number of nitrogens with one attached hydrogen (secondary N) is 2. The molecule has 2 heterocycles. The molecule has 0 spiro atoms. The molecule has 28 heavy (non-hydrogen) atoms. The molecule has 2 aromatic rings. The quantitative estimate of drug-likeness (QED) is 0.215. The first-order chi connectivity index (χ1) is 13.3. The number of aromatic nitrogens is 1. The zero-order valence-corrected chi connectivity index (χ0v) is 13.9. The van der Waals surface area contributed by atoms with Crippen molar-refractivity contribution in [2.75, 3.05) is 16.8 Å². The van der Waals surface area contributed by atoms with Crippen molar-refractivity contribution < 1.29 is 18.8 Å². The number of hydrogen-bond donors (Lipinski definition) is 6. The van der Waals surface area contributed by atoms with Gasteiger partial charge < -0.3 is 26.8 Å². The highest BCUT2D eigenvalue weighted by molar-refractivity contribution is 6.59. The lowest BCUT2D eigenvalue weighted by Crippen LogP contribution is -2.38. The van der Waals surface area contributed by atoms with Crippen molar-refractivity contribution in [3.05, 3.63) is 40.5 Å². The molecule has 1 aromatic carbocycles. The van der Waals surface area contributed by atoms with Gasteiger partial charge in [0.15, 0.2) is 17.8 Å². The van der Waals surface area contributed by atoms with Crippen molar-refractivity contribution in [3.63, 3.8) is 0 Å². The van der Waals surface area contributed by atoms with Crippen LogP contribution in [0.1, 0.15) is 22.7 Å². The number of guanidine groups is 1. The number of aliphatic imine (C=N–C) groups is 1. The lowest BCUT2D eigenvalue weighted by molar-refractivity contribution is 0.424. The SMILES string of the molecule is N#CNC1=NC(c2cc(F)c(F)cc2B(O)O)c2c(nc(N)c(C#N)c2N)N1. The molecule has 1 aliphatic rings. The fourth-order valence-corrected chi connectivity index (χ4v) is 2.84. The molecule has 3 rings (SSSR count). The number of pyridine rings is 1. The summed E-state index contributed by atoms with van der Waals surface area (Å²) in [6.07, 6.45) is 1.63. The van der Waals surface area contributed by atoms with Gasteiger partial charge in [-0.2, -0.15) is 10.5 Å². The Morgan fingerprint density at radius 3 is 2.50 bits per heavy atom. The third-order valence-corrected chi connectivity index (χ3v) is 4.06. The van der Waals surface area contributed by atoms with Crippen LogP contribution in [-0.2, 0) is 0 Å². The van der Waals surface area contributed by atoms with E-state index in [-0.39, 0.29) is 45.4 Å². The van der Waals surface area contributed by atoms with Crippen LogP contribution in [-0.4, -0.2) is 28.1 Å². The molecular formula is C15H11BF2N8O2. The van der Waals surface area contributed by atoms with Crippen LogP contribution in [0.4, 0.5) is 26.1 Å². The Morgan fingerprint density at radius 2 is 1.89 bits per heavy atom. The molecule has 1 atom stereocenters. The number of halogens is 2. The molecule has 0 amide bonds. The molecule has 8 N–H and O–H groups in total. The lowest BCUT2D eigenvalue weighted by atomic mass is 9.74. The summed E-state index contributed by atoms with van der Waals surface area (Å²) in [6.45, 7) is 0. The summed E-state index contributed by atoms with van der Waals surface area (Å²) in [5.41, 5.74) is 11.0. The average Bonchev–Trinajstić information content (AvgIpc) is 2.63. The number of rotatable bonds is 2. The minimum Gasteiger partial charge on any atom is -0.423 e. The van der Waals surface area contributed by atoms with E-state index in [1.807, 2.05) is 0 Å². The van der Waals surface area contributed by atoms with E-state index >= 15 is 0 Å². The Balaban J connectivity index is 2.35. The van der Waals surface area contributed by atoms with Crippen LogP contribution in [0.2, 0.25) is 0 Å². The Bertz CT molecular complexity index is 1090. The maximum atomic E-state index is 13.9. The molecule has 0 radical (unpaired) electrons. The summed E-state index contributed by atoms with van der Waals surface area (Å²) < 4.78 is 27.6. The predicted molar refractivity (Wildman–Crippen MR) is 95.6 cm³/mol. The van der Waals surface area contributed by atoms with Crippen molar-refractivity contribution in [3.8, 4) is 12.3 Å². The number of nitrogen functional groups attached to an aromatic ring is 2. The monoisotopic (exact) mass is 384 g/mol. The molecule has 0 fully saturated rings. The fourth-order valence-electron chi connectivity index (χ4n) is 2.84. The highest BCUT2D eigenvalue weighted by atomic mass is 19.2. The van der Waals surface area contributed by atoms with Gasteiger partial charge >= 0.3 is 7.12 Å². The Hall–Kier alpha value is -3.94. The van der Waals surface area contributed by atoms with E-state index in [1.54, 1.807) is 12.3 Å². The Labute approximate surface area is 156 Å². The van der Waals surface area contributed by atoms with Gasteiger partial charge in [-0.1, -0.05) is 0 Å². The van der Waals surface area contributed by atoms with Crippen molar-refractivity contribution in [2.45, 2.75) is 6.04 Å². The van der Waals surface area contributed by atoms with Crippen LogP contribution in [0.3, 0.4) is 0 Å². The average molecular weight is 384 g/mol. The molecule has 1 unspecified atom stereocenters. The van der Waals surface area contributed by atoms with Crippen molar-refractivity contribution in [1.29, 1.82) is 10.5 Å². The van der Waals surface area contributed by atoms with Crippen LogP contribution in [0, 0.1) is 34.4 Å². The van der Waals surface area contributed by atoms with Gasteiger partial charge in [-0.3, -0.25) is 5.32 Å². The summed E-state index contributed by atoms with van der Waals surface area (Å²) in [5.74, 6) is -2.89. The molecular weight excluding hydrogens is 373 g/mol. The van der Waals surface area contributed by atoms with Gasteiger partial charge in [-0.25, -0.2) is 18.8 Å². The summed E-state index contributed by atoms with van der Waals surface area (Å²) >= 11 is 0. The number of nitriles is 2. The van der Waals surface area contributed by atoms with Gasteiger partial charge in [0.25, 0.3) is 0 Å². The predicted octanol–water partition coefficient (Wildman–Crippen LogP) is -0.983. The summed E-state index contributed by atoms with van der Waals surface area (Å²) in [4.78, 5) is 8.16.